The van der Waals surface area contributed by atoms with E-state index in [0.717, 1.165) is 28.6 Å². The van der Waals surface area contributed by atoms with Gasteiger partial charge < -0.3 is 19.4 Å². The number of methoxy groups -OCH3 is 1. The molecule has 0 unspecified atom stereocenters. The minimum absolute atomic E-state index is 0.0316. The molecule has 7 heteroatoms. The predicted octanol–water partition coefficient (Wildman–Crippen LogP) is 2.58. The van der Waals surface area contributed by atoms with Crippen molar-refractivity contribution in [2.45, 2.75) is 24.9 Å². The van der Waals surface area contributed by atoms with Gasteiger partial charge in [-0.05, 0) is 36.6 Å². The maximum Gasteiger partial charge on any atom is 0.325 e. The molecular formula is C22H23N3O4. The van der Waals surface area contributed by atoms with Gasteiger partial charge in [0.05, 0.1) is 7.11 Å². The van der Waals surface area contributed by atoms with Crippen LogP contribution in [0.3, 0.4) is 0 Å². The highest BCUT2D eigenvalue weighted by atomic mass is 16.5. The number of nitrogens with one attached hydrogen (secondary N) is 1. The molecule has 29 heavy (non-hydrogen) atoms. The lowest BCUT2D eigenvalue weighted by atomic mass is 9.82. The molecule has 2 aliphatic rings. The number of rotatable bonds is 4. The van der Waals surface area contributed by atoms with Gasteiger partial charge in [-0.1, -0.05) is 6.07 Å². The third-order valence-corrected chi connectivity index (χ3v) is 6.32. The van der Waals surface area contributed by atoms with E-state index in [1.165, 1.54) is 0 Å². The van der Waals surface area contributed by atoms with E-state index in [0.29, 0.717) is 25.4 Å². The van der Waals surface area contributed by atoms with Gasteiger partial charge in [-0.3, -0.25) is 14.5 Å². The molecule has 3 aromatic rings. The maximum absolute atomic E-state index is 12.4. The van der Waals surface area contributed by atoms with Crippen molar-refractivity contribution in [1.29, 1.82) is 0 Å². The Morgan fingerprint density at radius 3 is 2.90 bits per heavy atom. The van der Waals surface area contributed by atoms with E-state index in [9.17, 15) is 14.7 Å². The van der Waals surface area contributed by atoms with E-state index in [4.69, 9.17) is 4.74 Å². The van der Waals surface area contributed by atoms with Crippen molar-refractivity contribution in [3.63, 3.8) is 0 Å². The van der Waals surface area contributed by atoms with Crippen molar-refractivity contribution in [2.24, 2.45) is 5.92 Å². The zero-order valence-corrected chi connectivity index (χ0v) is 16.2. The SMILES string of the molecule is COc1ccc2[nH]cc([C@@H](C(=O)O)N3C[C@H]4C[C@@H](C3)c3cccc(=O)n3C4)c2c1. The maximum atomic E-state index is 12.4. The number of hydrogen-bond donors (Lipinski definition) is 2. The Labute approximate surface area is 167 Å². The highest BCUT2D eigenvalue weighted by Crippen LogP contribution is 2.40. The van der Waals surface area contributed by atoms with Crippen LogP contribution in [-0.2, 0) is 11.3 Å². The molecule has 1 aromatic carbocycles. The Kier molecular flexibility index (Phi) is 4.20. The lowest BCUT2D eigenvalue weighted by Crippen LogP contribution is -2.49. The van der Waals surface area contributed by atoms with Crippen molar-refractivity contribution < 1.29 is 14.6 Å². The number of carboxylic acids is 1. The van der Waals surface area contributed by atoms with E-state index >= 15 is 0 Å². The molecule has 0 aliphatic carbocycles. The molecular weight excluding hydrogens is 370 g/mol. The average Bonchev–Trinajstić information content (AvgIpc) is 3.11. The molecule has 7 nitrogen and oxygen atoms in total. The Balaban J connectivity index is 1.54. The number of piperidine rings is 1. The zero-order valence-electron chi connectivity index (χ0n) is 16.2. The smallest absolute Gasteiger partial charge is 0.325 e. The molecule has 0 spiro atoms. The summed E-state index contributed by atoms with van der Waals surface area (Å²) in [7, 11) is 1.60. The number of benzene rings is 1. The van der Waals surface area contributed by atoms with Crippen LogP contribution in [0.1, 0.15) is 29.6 Å². The molecule has 1 saturated heterocycles. The number of carboxylic acid groups (broad SMARTS) is 1. The molecule has 0 amide bonds. The molecule has 0 saturated carbocycles. The van der Waals surface area contributed by atoms with Gasteiger partial charge in [-0.25, -0.2) is 0 Å². The van der Waals surface area contributed by atoms with Gasteiger partial charge in [0.25, 0.3) is 5.56 Å². The van der Waals surface area contributed by atoms with Crippen molar-refractivity contribution in [2.75, 3.05) is 20.2 Å². The minimum Gasteiger partial charge on any atom is -0.497 e. The summed E-state index contributed by atoms with van der Waals surface area (Å²) in [5.41, 5.74) is 2.69. The van der Waals surface area contributed by atoms with Crippen LogP contribution in [0.4, 0.5) is 0 Å². The van der Waals surface area contributed by atoms with Crippen LogP contribution in [0.25, 0.3) is 10.9 Å². The summed E-state index contributed by atoms with van der Waals surface area (Å²) >= 11 is 0. The Bertz CT molecular complexity index is 1150. The monoisotopic (exact) mass is 393 g/mol. The Hall–Kier alpha value is -3.06. The van der Waals surface area contributed by atoms with Crippen LogP contribution in [0.2, 0.25) is 0 Å². The number of aromatic amines is 1. The molecule has 2 aliphatic heterocycles. The molecule has 1 fully saturated rings. The Morgan fingerprint density at radius 2 is 2.10 bits per heavy atom. The van der Waals surface area contributed by atoms with Crippen LogP contribution in [0, 0.1) is 5.92 Å². The topological polar surface area (TPSA) is 87.6 Å². The highest BCUT2D eigenvalue weighted by Gasteiger charge is 2.40. The van der Waals surface area contributed by atoms with Crippen LogP contribution < -0.4 is 10.3 Å². The van der Waals surface area contributed by atoms with Crippen LogP contribution in [0.15, 0.2) is 47.4 Å². The fourth-order valence-electron chi connectivity index (χ4n) is 5.10. The lowest BCUT2D eigenvalue weighted by Gasteiger charge is -2.44. The molecule has 150 valence electrons. The summed E-state index contributed by atoms with van der Waals surface area (Å²) in [6.07, 6.45) is 2.79. The minimum atomic E-state index is -0.862. The number of aromatic nitrogens is 2. The number of pyridine rings is 1. The summed E-state index contributed by atoms with van der Waals surface area (Å²) in [5.74, 6) is 0.270. The van der Waals surface area contributed by atoms with Crippen molar-refractivity contribution in [1.82, 2.24) is 14.5 Å². The first-order valence-electron chi connectivity index (χ1n) is 9.86. The van der Waals surface area contributed by atoms with Crippen LogP contribution in [-0.4, -0.2) is 45.7 Å². The van der Waals surface area contributed by atoms with E-state index in [1.54, 1.807) is 25.4 Å². The average molecular weight is 393 g/mol. The second kappa shape index (κ2) is 6.77. The summed E-state index contributed by atoms with van der Waals surface area (Å²) in [4.78, 5) is 29.9. The number of nitrogens with zero attached hydrogens (tertiary/aromatic N) is 2. The molecule has 2 bridgehead atoms. The van der Waals surface area contributed by atoms with Gasteiger partial charge in [0.15, 0.2) is 0 Å². The first-order valence-corrected chi connectivity index (χ1v) is 9.86. The Morgan fingerprint density at radius 1 is 1.24 bits per heavy atom. The first kappa shape index (κ1) is 18.0. The summed E-state index contributed by atoms with van der Waals surface area (Å²) < 4.78 is 7.20. The fourth-order valence-corrected chi connectivity index (χ4v) is 5.10. The number of fused-ring (bicyclic) bond motifs is 5. The zero-order chi connectivity index (χ0) is 20.1. The van der Waals surface area contributed by atoms with E-state index in [2.05, 4.69) is 9.88 Å². The lowest BCUT2D eigenvalue weighted by molar-refractivity contribution is -0.144. The standard InChI is InChI=1S/C22H23N3O4/c1-29-15-5-6-18-16(8-15)17(9-23-18)21(22(27)28)24-10-13-7-14(12-24)19-3-2-4-20(26)25(19)11-13/h2-6,8-9,13-14,21,23H,7,10-12H2,1H3,(H,27,28)/t13-,14+,21+/m1/s1. The normalized spacial score (nSPS) is 22.2. The number of H-pyrrole nitrogens is 1. The van der Waals surface area contributed by atoms with Gasteiger partial charge in [-0.15, -0.1) is 0 Å². The number of carbonyl (C=O) groups is 1. The van der Waals surface area contributed by atoms with Crippen molar-refractivity contribution in [3.8, 4) is 5.75 Å². The second-order valence-corrected chi connectivity index (χ2v) is 8.05. The second-order valence-electron chi connectivity index (χ2n) is 8.05. The fraction of sp³-hybridized carbons (Fsp3) is 0.364. The van der Waals surface area contributed by atoms with E-state index in [1.807, 2.05) is 28.8 Å². The largest absolute Gasteiger partial charge is 0.497 e. The molecule has 3 atom stereocenters. The van der Waals surface area contributed by atoms with E-state index in [-0.39, 0.29) is 17.4 Å². The van der Waals surface area contributed by atoms with Crippen LogP contribution >= 0.6 is 0 Å². The van der Waals surface area contributed by atoms with Gasteiger partial charge in [0.1, 0.15) is 11.8 Å². The van der Waals surface area contributed by atoms with Gasteiger partial charge in [0, 0.05) is 60.0 Å². The van der Waals surface area contributed by atoms with Gasteiger partial charge in [0.2, 0.25) is 0 Å². The first-order chi connectivity index (χ1) is 14.0. The molecule has 2 aromatic heterocycles. The summed E-state index contributed by atoms with van der Waals surface area (Å²) in [6.45, 7) is 1.93. The van der Waals surface area contributed by atoms with Gasteiger partial charge in [-0.2, -0.15) is 0 Å². The van der Waals surface area contributed by atoms with Crippen molar-refractivity contribution >= 4 is 16.9 Å². The molecule has 4 heterocycles. The third kappa shape index (κ3) is 2.93. The number of likely N-dealkylation sites (tertiary alicyclic amines) is 1. The van der Waals surface area contributed by atoms with Crippen molar-refractivity contribution in [3.05, 3.63) is 64.2 Å². The molecule has 0 radical (unpaired) electrons. The van der Waals surface area contributed by atoms with Gasteiger partial charge >= 0.3 is 5.97 Å². The van der Waals surface area contributed by atoms with E-state index < -0.39 is 12.0 Å². The third-order valence-electron chi connectivity index (χ3n) is 6.32. The number of hydrogen-bond acceptors (Lipinski definition) is 4. The number of ether oxygens (including phenoxy) is 1. The number of aliphatic carboxylic acids is 1. The summed E-state index contributed by atoms with van der Waals surface area (Å²) in [5, 5.41) is 11.0. The van der Waals surface area contributed by atoms with Crippen LogP contribution in [0.5, 0.6) is 5.75 Å². The molecule has 2 N–H and O–H groups in total. The quantitative estimate of drug-likeness (QED) is 0.711. The molecule has 5 rings (SSSR count). The predicted molar refractivity (Wildman–Crippen MR) is 108 cm³/mol. The highest BCUT2D eigenvalue weighted by molar-refractivity contribution is 5.90. The summed E-state index contributed by atoms with van der Waals surface area (Å²) in [6, 6.07) is 10.3.